The van der Waals surface area contributed by atoms with Crippen LogP contribution in [-0.2, 0) is 10.9 Å². The fraction of sp³-hybridized carbons (Fsp3) is 0.188. The molecule has 2 aromatic rings. The van der Waals surface area contributed by atoms with Crippen LogP contribution in [0.4, 0.5) is 13.2 Å². The van der Waals surface area contributed by atoms with Gasteiger partial charge in [0.15, 0.2) is 0 Å². The second-order valence-corrected chi connectivity index (χ2v) is 6.23. The third-order valence-electron chi connectivity index (χ3n) is 2.99. The summed E-state index contributed by atoms with van der Waals surface area (Å²) in [4.78, 5) is 11.8. The van der Waals surface area contributed by atoms with Gasteiger partial charge in [0, 0.05) is 9.79 Å². The highest BCUT2D eigenvalue weighted by Crippen LogP contribution is 2.43. The standard InChI is InChI=1S/C16H12ClF3O2S/c1-9-7-12(16(18,19)20)14(13(17)8-9)23-11-5-3-10(4-6-11)15(21)22-2/h3-8H,1-2H3. The Hall–Kier alpha value is -1.66. The zero-order valence-corrected chi connectivity index (χ0v) is 13.8. The second kappa shape index (κ2) is 6.84. The predicted octanol–water partition coefficient (Wildman–Crippen LogP) is 5.61. The topological polar surface area (TPSA) is 26.3 Å². The van der Waals surface area contributed by atoms with Crippen LogP contribution in [0.3, 0.4) is 0 Å². The monoisotopic (exact) mass is 360 g/mol. The molecule has 0 N–H and O–H groups in total. The van der Waals surface area contributed by atoms with Crippen molar-refractivity contribution in [3.05, 3.63) is 58.1 Å². The second-order valence-electron chi connectivity index (χ2n) is 4.74. The molecule has 0 aliphatic carbocycles. The van der Waals surface area contributed by atoms with Crippen LogP contribution in [0.15, 0.2) is 46.2 Å². The number of hydrogen-bond donors (Lipinski definition) is 0. The lowest BCUT2D eigenvalue weighted by atomic mass is 10.1. The zero-order valence-electron chi connectivity index (χ0n) is 12.2. The normalized spacial score (nSPS) is 11.4. The van der Waals surface area contributed by atoms with Crippen LogP contribution in [0.1, 0.15) is 21.5 Å². The maximum absolute atomic E-state index is 13.2. The molecule has 2 nitrogen and oxygen atoms in total. The van der Waals surface area contributed by atoms with Gasteiger partial charge in [-0.25, -0.2) is 4.79 Å². The number of rotatable bonds is 3. The van der Waals surface area contributed by atoms with Gasteiger partial charge in [-0.05, 0) is 48.9 Å². The van der Waals surface area contributed by atoms with E-state index in [4.69, 9.17) is 11.6 Å². The SMILES string of the molecule is COC(=O)c1ccc(Sc2c(Cl)cc(C)cc2C(F)(F)F)cc1. The fourth-order valence-electron chi connectivity index (χ4n) is 1.94. The molecule has 122 valence electrons. The first-order chi connectivity index (χ1) is 10.7. The van der Waals surface area contributed by atoms with E-state index in [0.717, 1.165) is 17.8 Å². The van der Waals surface area contributed by atoms with E-state index in [0.29, 0.717) is 16.0 Å². The van der Waals surface area contributed by atoms with Gasteiger partial charge in [0.2, 0.25) is 0 Å². The van der Waals surface area contributed by atoms with Crippen LogP contribution >= 0.6 is 23.4 Å². The molecule has 0 amide bonds. The van der Waals surface area contributed by atoms with Crippen molar-refractivity contribution in [1.82, 2.24) is 0 Å². The summed E-state index contributed by atoms with van der Waals surface area (Å²) in [5.74, 6) is -0.508. The lowest BCUT2D eigenvalue weighted by Gasteiger charge is -2.15. The van der Waals surface area contributed by atoms with Crippen molar-refractivity contribution in [3.8, 4) is 0 Å². The van der Waals surface area contributed by atoms with E-state index in [1.165, 1.54) is 25.3 Å². The minimum atomic E-state index is -4.50. The highest BCUT2D eigenvalue weighted by atomic mass is 35.5. The summed E-state index contributed by atoms with van der Waals surface area (Å²) in [5, 5.41) is 0.0411. The number of ether oxygens (including phenoxy) is 1. The van der Waals surface area contributed by atoms with Crippen molar-refractivity contribution in [2.45, 2.75) is 22.9 Å². The Morgan fingerprint density at radius 3 is 2.30 bits per heavy atom. The maximum Gasteiger partial charge on any atom is 0.417 e. The molecule has 7 heteroatoms. The number of methoxy groups -OCH3 is 1. The summed E-state index contributed by atoms with van der Waals surface area (Å²) >= 11 is 6.90. The Kier molecular flexibility index (Phi) is 5.26. The van der Waals surface area contributed by atoms with Crippen LogP contribution < -0.4 is 0 Å². The largest absolute Gasteiger partial charge is 0.465 e. The molecule has 23 heavy (non-hydrogen) atoms. The molecule has 0 aliphatic heterocycles. The molecule has 0 aliphatic rings. The molecular weight excluding hydrogens is 349 g/mol. The van der Waals surface area contributed by atoms with Gasteiger partial charge in [-0.2, -0.15) is 13.2 Å². The van der Waals surface area contributed by atoms with Crippen molar-refractivity contribution in [3.63, 3.8) is 0 Å². The number of aryl methyl sites for hydroxylation is 1. The first-order valence-electron chi connectivity index (χ1n) is 6.46. The lowest BCUT2D eigenvalue weighted by Crippen LogP contribution is -2.07. The molecular formula is C16H12ClF3O2S. The van der Waals surface area contributed by atoms with Gasteiger partial charge >= 0.3 is 12.1 Å². The van der Waals surface area contributed by atoms with E-state index in [2.05, 4.69) is 4.74 Å². The number of halogens is 4. The number of carbonyl (C=O) groups is 1. The van der Waals surface area contributed by atoms with Crippen LogP contribution in [0.25, 0.3) is 0 Å². The number of hydrogen-bond acceptors (Lipinski definition) is 3. The average molecular weight is 361 g/mol. The maximum atomic E-state index is 13.2. The smallest absolute Gasteiger partial charge is 0.417 e. The third kappa shape index (κ3) is 4.20. The van der Waals surface area contributed by atoms with Gasteiger partial charge in [0.25, 0.3) is 0 Å². The van der Waals surface area contributed by atoms with Gasteiger partial charge < -0.3 is 4.74 Å². The number of carbonyl (C=O) groups excluding carboxylic acids is 1. The first-order valence-corrected chi connectivity index (χ1v) is 7.65. The molecule has 0 saturated heterocycles. The van der Waals surface area contributed by atoms with Crippen molar-refractivity contribution >= 4 is 29.3 Å². The van der Waals surface area contributed by atoms with Crippen LogP contribution in [0.5, 0.6) is 0 Å². The lowest BCUT2D eigenvalue weighted by molar-refractivity contribution is -0.139. The van der Waals surface area contributed by atoms with Gasteiger partial charge in [-0.15, -0.1) is 0 Å². The van der Waals surface area contributed by atoms with E-state index in [9.17, 15) is 18.0 Å². The molecule has 2 aromatic carbocycles. The summed E-state index contributed by atoms with van der Waals surface area (Å²) in [5.41, 5.74) is -0.0137. The van der Waals surface area contributed by atoms with Gasteiger partial charge in [-0.1, -0.05) is 23.4 Å². The Morgan fingerprint density at radius 2 is 1.78 bits per heavy atom. The summed E-state index contributed by atoms with van der Waals surface area (Å²) in [6, 6.07) is 8.63. The van der Waals surface area contributed by atoms with Crippen LogP contribution in [-0.4, -0.2) is 13.1 Å². The molecule has 0 spiro atoms. The molecule has 0 saturated carbocycles. The average Bonchev–Trinajstić information content (AvgIpc) is 2.48. The molecule has 0 bridgehead atoms. The van der Waals surface area contributed by atoms with Gasteiger partial charge in [0.05, 0.1) is 23.3 Å². The molecule has 0 aromatic heterocycles. The van der Waals surface area contributed by atoms with E-state index in [1.54, 1.807) is 19.1 Å². The van der Waals surface area contributed by atoms with Crippen molar-refractivity contribution in [2.24, 2.45) is 0 Å². The van der Waals surface area contributed by atoms with E-state index in [-0.39, 0.29) is 9.92 Å². The molecule has 0 heterocycles. The van der Waals surface area contributed by atoms with Gasteiger partial charge in [-0.3, -0.25) is 0 Å². The zero-order chi connectivity index (χ0) is 17.2. The molecule has 0 fully saturated rings. The third-order valence-corrected chi connectivity index (χ3v) is 4.55. The van der Waals surface area contributed by atoms with Crippen LogP contribution in [0, 0.1) is 6.92 Å². The highest BCUT2D eigenvalue weighted by molar-refractivity contribution is 7.99. The Bertz CT molecular complexity index is 727. The fourth-order valence-corrected chi connectivity index (χ4v) is 3.28. The van der Waals surface area contributed by atoms with Crippen molar-refractivity contribution in [2.75, 3.05) is 7.11 Å². The summed E-state index contributed by atoms with van der Waals surface area (Å²) < 4.78 is 44.2. The summed E-state index contributed by atoms with van der Waals surface area (Å²) in [6.45, 7) is 1.56. The number of esters is 1. The summed E-state index contributed by atoms with van der Waals surface area (Å²) in [6.07, 6.45) is -4.50. The summed E-state index contributed by atoms with van der Waals surface area (Å²) in [7, 11) is 1.26. The van der Waals surface area contributed by atoms with E-state index < -0.39 is 17.7 Å². The molecule has 2 rings (SSSR count). The quantitative estimate of drug-likeness (QED) is 0.666. The number of alkyl halides is 3. The number of benzene rings is 2. The van der Waals surface area contributed by atoms with E-state index in [1.807, 2.05) is 0 Å². The Balaban J connectivity index is 2.38. The van der Waals surface area contributed by atoms with Crippen molar-refractivity contribution in [1.29, 1.82) is 0 Å². The van der Waals surface area contributed by atoms with Crippen LogP contribution in [0.2, 0.25) is 5.02 Å². The van der Waals surface area contributed by atoms with Gasteiger partial charge in [0.1, 0.15) is 0 Å². The Morgan fingerprint density at radius 1 is 1.17 bits per heavy atom. The van der Waals surface area contributed by atoms with E-state index >= 15 is 0 Å². The first kappa shape index (κ1) is 17.7. The van der Waals surface area contributed by atoms with Crippen molar-refractivity contribution < 1.29 is 22.7 Å². The Labute approximate surface area is 140 Å². The molecule has 0 atom stereocenters. The predicted molar refractivity (Wildman–Crippen MR) is 83.1 cm³/mol. The molecule has 0 radical (unpaired) electrons. The highest BCUT2D eigenvalue weighted by Gasteiger charge is 2.35. The minimum Gasteiger partial charge on any atom is -0.465 e. The molecule has 0 unspecified atom stereocenters. The minimum absolute atomic E-state index is 0.0411.